The molecule has 0 saturated carbocycles. The van der Waals surface area contributed by atoms with Crippen molar-refractivity contribution in [2.45, 2.75) is 19.8 Å². The van der Waals surface area contributed by atoms with Crippen LogP contribution in [0.4, 0.5) is 0 Å². The third kappa shape index (κ3) is 2.44. The summed E-state index contributed by atoms with van der Waals surface area (Å²) in [6, 6.07) is 8.48. The Kier molecular flexibility index (Phi) is 3.17. The Labute approximate surface area is 116 Å². The zero-order valence-corrected chi connectivity index (χ0v) is 11.3. The van der Waals surface area contributed by atoms with Gasteiger partial charge >= 0.3 is 0 Å². The molecule has 0 atom stereocenters. The van der Waals surface area contributed by atoms with Crippen molar-refractivity contribution in [2.75, 3.05) is 0 Å². The summed E-state index contributed by atoms with van der Waals surface area (Å²) in [5.74, 6) is 0.865. The van der Waals surface area contributed by atoms with Gasteiger partial charge in [0.05, 0.1) is 12.4 Å². The first-order chi connectivity index (χ1) is 9.24. The van der Waals surface area contributed by atoms with Crippen molar-refractivity contribution in [2.24, 2.45) is 0 Å². The Bertz CT molecular complexity index is 720. The molecule has 2 heterocycles. The van der Waals surface area contributed by atoms with Crippen LogP contribution in [-0.4, -0.2) is 19.6 Å². The molecule has 0 unspecified atom stereocenters. The lowest BCUT2D eigenvalue weighted by Crippen LogP contribution is -1.99. The minimum atomic E-state index is 0.543. The van der Waals surface area contributed by atoms with Gasteiger partial charge < -0.3 is 0 Å². The molecule has 96 valence electrons. The Morgan fingerprint density at radius 3 is 2.89 bits per heavy atom. The van der Waals surface area contributed by atoms with Gasteiger partial charge in [0.1, 0.15) is 11.0 Å². The molecule has 19 heavy (non-hydrogen) atoms. The molecule has 1 aromatic carbocycles. The summed E-state index contributed by atoms with van der Waals surface area (Å²) in [6.07, 6.45) is 4.98. The van der Waals surface area contributed by atoms with E-state index in [9.17, 15) is 0 Å². The maximum absolute atomic E-state index is 6.13. The lowest BCUT2D eigenvalue weighted by atomic mass is 10.1. The second-order valence-electron chi connectivity index (χ2n) is 4.53. The lowest BCUT2D eigenvalue weighted by Gasteiger charge is -2.03. The van der Waals surface area contributed by atoms with Crippen LogP contribution in [0.3, 0.4) is 0 Å². The number of aromatic nitrogens is 4. The normalized spacial score (nSPS) is 11.1. The number of hydrogen-bond acceptors (Lipinski definition) is 3. The molecule has 3 rings (SSSR count). The molecule has 0 aliphatic carbocycles. The summed E-state index contributed by atoms with van der Waals surface area (Å²) in [7, 11) is 0. The Balaban J connectivity index is 1.86. The molecule has 0 fully saturated rings. The van der Waals surface area contributed by atoms with Crippen molar-refractivity contribution >= 4 is 17.2 Å². The van der Waals surface area contributed by atoms with Crippen LogP contribution >= 0.6 is 11.6 Å². The molecule has 0 bridgehead atoms. The summed E-state index contributed by atoms with van der Waals surface area (Å²) in [4.78, 5) is 4.00. The molecular formula is C14H13ClN4. The predicted molar refractivity (Wildman–Crippen MR) is 74.4 cm³/mol. The van der Waals surface area contributed by atoms with E-state index in [0.717, 1.165) is 18.7 Å². The van der Waals surface area contributed by atoms with E-state index in [-0.39, 0.29) is 0 Å². The average molecular weight is 273 g/mol. The van der Waals surface area contributed by atoms with E-state index >= 15 is 0 Å². The van der Waals surface area contributed by atoms with Crippen molar-refractivity contribution in [3.05, 3.63) is 58.8 Å². The van der Waals surface area contributed by atoms with Gasteiger partial charge in [-0.3, -0.25) is 9.38 Å². The minimum Gasteiger partial charge on any atom is -0.266 e. The van der Waals surface area contributed by atoms with Crippen molar-refractivity contribution in [3.8, 4) is 0 Å². The molecule has 2 aromatic heterocycles. The van der Waals surface area contributed by atoms with E-state index < -0.39 is 0 Å². The number of nitrogens with zero attached hydrogens (tertiary/aromatic N) is 4. The van der Waals surface area contributed by atoms with Crippen molar-refractivity contribution in [1.29, 1.82) is 0 Å². The van der Waals surface area contributed by atoms with Crippen LogP contribution < -0.4 is 0 Å². The summed E-state index contributed by atoms with van der Waals surface area (Å²) < 4.78 is 1.84. The summed E-state index contributed by atoms with van der Waals surface area (Å²) >= 11 is 6.13. The first kappa shape index (κ1) is 12.1. The quantitative estimate of drug-likeness (QED) is 0.736. The molecule has 0 aliphatic heterocycles. The van der Waals surface area contributed by atoms with Gasteiger partial charge in [0.15, 0.2) is 5.65 Å². The van der Waals surface area contributed by atoms with Crippen LogP contribution in [0.5, 0.6) is 0 Å². The van der Waals surface area contributed by atoms with Crippen LogP contribution in [0, 0.1) is 6.92 Å². The largest absolute Gasteiger partial charge is 0.266 e. The molecule has 0 spiro atoms. The summed E-state index contributed by atoms with van der Waals surface area (Å²) in [5, 5.41) is 8.80. The number of aryl methyl sites for hydroxylation is 3. The minimum absolute atomic E-state index is 0.543. The van der Waals surface area contributed by atoms with E-state index in [1.807, 2.05) is 4.40 Å². The average Bonchev–Trinajstić information content (AvgIpc) is 2.81. The van der Waals surface area contributed by atoms with Crippen LogP contribution in [-0.2, 0) is 12.8 Å². The van der Waals surface area contributed by atoms with Gasteiger partial charge in [-0.15, -0.1) is 10.2 Å². The molecule has 3 aromatic rings. The first-order valence-corrected chi connectivity index (χ1v) is 6.51. The zero-order valence-electron chi connectivity index (χ0n) is 10.5. The van der Waals surface area contributed by atoms with Crippen LogP contribution in [0.25, 0.3) is 5.65 Å². The van der Waals surface area contributed by atoms with E-state index in [1.54, 1.807) is 12.4 Å². The highest BCUT2D eigenvalue weighted by atomic mass is 35.5. The highest BCUT2D eigenvalue weighted by Gasteiger charge is 2.08. The van der Waals surface area contributed by atoms with E-state index in [0.29, 0.717) is 10.8 Å². The Morgan fingerprint density at radius 1 is 1.16 bits per heavy atom. The summed E-state index contributed by atoms with van der Waals surface area (Å²) in [5.41, 5.74) is 3.25. The topological polar surface area (TPSA) is 43.1 Å². The van der Waals surface area contributed by atoms with Crippen LogP contribution in [0.2, 0.25) is 5.15 Å². The fourth-order valence-corrected chi connectivity index (χ4v) is 2.40. The van der Waals surface area contributed by atoms with Gasteiger partial charge in [0.2, 0.25) is 0 Å². The highest BCUT2D eigenvalue weighted by Crippen LogP contribution is 2.14. The third-order valence-electron chi connectivity index (χ3n) is 3.06. The van der Waals surface area contributed by atoms with Gasteiger partial charge in [0.25, 0.3) is 0 Å². The van der Waals surface area contributed by atoms with E-state index in [1.165, 1.54) is 11.1 Å². The lowest BCUT2D eigenvalue weighted by molar-refractivity contribution is 0.837. The van der Waals surface area contributed by atoms with Crippen LogP contribution in [0.15, 0.2) is 36.7 Å². The van der Waals surface area contributed by atoms with Crippen LogP contribution in [0.1, 0.15) is 17.0 Å². The predicted octanol–water partition coefficient (Wildman–Crippen LogP) is 2.87. The van der Waals surface area contributed by atoms with Gasteiger partial charge in [-0.05, 0) is 18.9 Å². The smallest absolute Gasteiger partial charge is 0.180 e. The molecule has 0 radical (unpaired) electrons. The second kappa shape index (κ2) is 4.97. The van der Waals surface area contributed by atoms with Gasteiger partial charge in [-0.25, -0.2) is 0 Å². The van der Waals surface area contributed by atoms with Gasteiger partial charge in [-0.1, -0.05) is 41.4 Å². The van der Waals surface area contributed by atoms with Gasteiger partial charge in [0, 0.05) is 6.42 Å². The van der Waals surface area contributed by atoms with Crippen molar-refractivity contribution < 1.29 is 0 Å². The maximum Gasteiger partial charge on any atom is 0.180 e. The molecule has 0 amide bonds. The Morgan fingerprint density at radius 2 is 2.05 bits per heavy atom. The summed E-state index contributed by atoms with van der Waals surface area (Å²) in [6.45, 7) is 2.10. The standard InChI is InChI=1S/C14H13ClN4/c1-10-3-2-4-11(7-10)5-6-13-17-18-14-9-16-8-12(15)19(13)14/h2-4,7-9H,5-6H2,1H3. The van der Waals surface area contributed by atoms with Crippen molar-refractivity contribution in [3.63, 3.8) is 0 Å². The number of halogens is 1. The molecule has 0 saturated heterocycles. The molecule has 4 nitrogen and oxygen atoms in total. The number of hydrogen-bond donors (Lipinski definition) is 0. The fourth-order valence-electron chi connectivity index (χ4n) is 2.16. The number of fused-ring (bicyclic) bond motifs is 1. The number of benzene rings is 1. The maximum atomic E-state index is 6.13. The third-order valence-corrected chi connectivity index (χ3v) is 3.33. The van der Waals surface area contributed by atoms with E-state index in [2.05, 4.69) is 46.4 Å². The zero-order chi connectivity index (χ0) is 13.2. The SMILES string of the molecule is Cc1cccc(CCc2nnc3cncc(Cl)n23)c1. The molecule has 0 aliphatic rings. The monoisotopic (exact) mass is 272 g/mol. The molecule has 0 N–H and O–H groups in total. The number of rotatable bonds is 3. The highest BCUT2D eigenvalue weighted by molar-refractivity contribution is 6.29. The second-order valence-corrected chi connectivity index (χ2v) is 4.92. The molecule has 5 heteroatoms. The Hall–Kier alpha value is -1.94. The fraction of sp³-hybridized carbons (Fsp3) is 0.214. The first-order valence-electron chi connectivity index (χ1n) is 6.13. The van der Waals surface area contributed by atoms with Crippen molar-refractivity contribution in [1.82, 2.24) is 19.6 Å². The van der Waals surface area contributed by atoms with E-state index in [4.69, 9.17) is 11.6 Å². The van der Waals surface area contributed by atoms with Gasteiger partial charge in [-0.2, -0.15) is 0 Å². The molecular weight excluding hydrogens is 260 g/mol.